The Balaban J connectivity index is 0.000000300. The number of hydrogen-bond acceptors (Lipinski definition) is 6. The van der Waals surface area contributed by atoms with Crippen LogP contribution < -0.4 is 9.31 Å². The first-order valence-electron chi connectivity index (χ1n) is 6.80. The fraction of sp³-hybridized carbons (Fsp3) is 0. The molecule has 0 amide bonds. The van der Waals surface area contributed by atoms with Crippen molar-refractivity contribution in [1.29, 1.82) is 0 Å². The molecule has 0 fully saturated rings. The van der Waals surface area contributed by atoms with Gasteiger partial charge in [0.05, 0.1) is 0 Å². The fourth-order valence-corrected chi connectivity index (χ4v) is 1.59. The predicted molar refractivity (Wildman–Crippen MR) is 74.1 cm³/mol. The summed E-state index contributed by atoms with van der Waals surface area (Å²) in [7, 11) is -5.39. The molecule has 0 unspecified atom stereocenters. The van der Waals surface area contributed by atoms with Gasteiger partial charge in [0.25, 0.3) is 0 Å². The monoisotopic (exact) mass is 456 g/mol. The highest BCUT2D eigenvalue weighted by atomic mass is 19.2. The molecule has 0 radical (unpaired) electrons. The summed E-state index contributed by atoms with van der Waals surface area (Å²) < 4.78 is 133. The zero-order valence-electron chi connectivity index (χ0n) is 13.5. The highest BCUT2D eigenvalue weighted by molar-refractivity contribution is 6.34. The molecule has 2 rings (SSSR count). The largest absolute Gasteiger partial charge is 0.707 e. The topological polar surface area (TPSA) is 99.4 Å². The average Bonchev–Trinajstić information content (AvgIpc) is 2.68. The van der Waals surface area contributed by atoms with Crippen LogP contribution in [0.3, 0.4) is 0 Å². The molecule has 0 atom stereocenters. The SMILES string of the molecule is OB(O)Oc1c(F)c(F)c(F)c(F)c1F.OB(O)Oc1c(F)c(F)c(F)c(F)c1F. The van der Waals surface area contributed by atoms with Gasteiger partial charge in [-0.05, 0) is 0 Å². The third kappa shape index (κ3) is 5.26. The summed E-state index contributed by atoms with van der Waals surface area (Å²) in [5, 5.41) is 32.7. The van der Waals surface area contributed by atoms with Gasteiger partial charge in [-0.25, -0.2) is 26.3 Å². The summed E-state index contributed by atoms with van der Waals surface area (Å²) in [4.78, 5) is 0. The molecule has 30 heavy (non-hydrogen) atoms. The Hall–Kier alpha value is -2.69. The van der Waals surface area contributed by atoms with Crippen LogP contribution in [0.25, 0.3) is 0 Å². The van der Waals surface area contributed by atoms with E-state index in [-0.39, 0.29) is 0 Å². The zero-order chi connectivity index (χ0) is 23.5. The van der Waals surface area contributed by atoms with E-state index in [2.05, 4.69) is 9.31 Å². The lowest BCUT2D eigenvalue weighted by Crippen LogP contribution is -2.23. The molecule has 0 saturated heterocycles. The predicted octanol–water partition coefficient (Wildman–Crippen LogP) is 1.46. The first-order valence-corrected chi connectivity index (χ1v) is 6.80. The van der Waals surface area contributed by atoms with Crippen molar-refractivity contribution in [3.05, 3.63) is 58.2 Å². The van der Waals surface area contributed by atoms with E-state index in [9.17, 15) is 43.9 Å². The second-order valence-corrected chi connectivity index (χ2v) is 4.69. The summed E-state index contributed by atoms with van der Waals surface area (Å²) in [6.07, 6.45) is 0. The van der Waals surface area contributed by atoms with Crippen molar-refractivity contribution in [3.63, 3.8) is 0 Å². The normalized spacial score (nSPS) is 10.3. The van der Waals surface area contributed by atoms with Gasteiger partial charge in [-0.2, -0.15) is 17.6 Å². The molecule has 18 heteroatoms. The minimum Gasteiger partial charge on any atom is -0.507 e. The summed E-state index contributed by atoms with van der Waals surface area (Å²) in [5.41, 5.74) is 0. The van der Waals surface area contributed by atoms with Gasteiger partial charge in [0.2, 0.25) is 58.2 Å². The fourth-order valence-electron chi connectivity index (χ4n) is 1.59. The van der Waals surface area contributed by atoms with Crippen molar-refractivity contribution >= 4 is 14.6 Å². The Morgan fingerprint density at radius 2 is 0.533 bits per heavy atom. The number of rotatable bonds is 4. The lowest BCUT2D eigenvalue weighted by Gasteiger charge is -2.08. The summed E-state index contributed by atoms with van der Waals surface area (Å²) in [5.74, 6) is -26.3. The van der Waals surface area contributed by atoms with Crippen LogP contribution in [0.15, 0.2) is 0 Å². The lowest BCUT2D eigenvalue weighted by molar-refractivity contribution is 0.262. The summed E-state index contributed by atoms with van der Waals surface area (Å²) in [6.45, 7) is 0. The summed E-state index contributed by atoms with van der Waals surface area (Å²) in [6, 6.07) is 0. The van der Waals surface area contributed by atoms with Crippen molar-refractivity contribution in [2.45, 2.75) is 0 Å². The van der Waals surface area contributed by atoms with E-state index in [0.29, 0.717) is 0 Å². The second kappa shape index (κ2) is 9.88. The summed E-state index contributed by atoms with van der Waals surface area (Å²) >= 11 is 0. The Morgan fingerprint density at radius 3 is 0.700 bits per heavy atom. The molecule has 0 aliphatic heterocycles. The van der Waals surface area contributed by atoms with E-state index < -0.39 is 84.3 Å². The standard InChI is InChI=1S/2C6H2BF5O3/c2*8-1-2(9)4(11)6(15-7(13)14)5(12)3(1)10/h2*13-14H. The quantitative estimate of drug-likeness (QED) is 0.241. The van der Waals surface area contributed by atoms with Gasteiger partial charge in [0.15, 0.2) is 11.5 Å². The maximum absolute atomic E-state index is 12.7. The molecule has 164 valence electrons. The molecule has 0 saturated carbocycles. The molecule has 4 N–H and O–H groups in total. The van der Waals surface area contributed by atoms with E-state index in [1.165, 1.54) is 0 Å². The van der Waals surface area contributed by atoms with E-state index >= 15 is 0 Å². The molecule has 6 nitrogen and oxygen atoms in total. The Kier molecular flexibility index (Phi) is 8.34. The van der Waals surface area contributed by atoms with Crippen molar-refractivity contribution in [3.8, 4) is 11.5 Å². The first kappa shape index (κ1) is 25.3. The molecule has 2 aromatic rings. The molecule has 0 bridgehead atoms. The van der Waals surface area contributed by atoms with Crippen LogP contribution in [0.4, 0.5) is 43.9 Å². The molecule has 0 spiro atoms. The molecule has 0 heterocycles. The maximum Gasteiger partial charge on any atom is 0.707 e. The molecular weight excluding hydrogens is 452 g/mol. The number of benzene rings is 2. The molecule has 0 aliphatic carbocycles. The second-order valence-electron chi connectivity index (χ2n) is 4.69. The average molecular weight is 456 g/mol. The number of hydrogen-bond donors (Lipinski definition) is 4. The van der Waals surface area contributed by atoms with Gasteiger partial charge in [-0.15, -0.1) is 0 Å². The van der Waals surface area contributed by atoms with Crippen LogP contribution in [-0.2, 0) is 0 Å². The van der Waals surface area contributed by atoms with Gasteiger partial charge >= 0.3 is 14.6 Å². The number of halogens is 10. The Labute approximate surface area is 158 Å². The Bertz CT molecular complexity index is 811. The van der Waals surface area contributed by atoms with Crippen molar-refractivity contribution < 1.29 is 73.3 Å². The smallest absolute Gasteiger partial charge is 0.507 e. The van der Waals surface area contributed by atoms with Gasteiger partial charge in [-0.1, -0.05) is 0 Å². The van der Waals surface area contributed by atoms with Crippen molar-refractivity contribution in [2.24, 2.45) is 0 Å². The minimum atomic E-state index is -2.70. The first-order chi connectivity index (χ1) is 13.7. The van der Waals surface area contributed by atoms with Gasteiger partial charge in [0, 0.05) is 0 Å². The highest BCUT2D eigenvalue weighted by Gasteiger charge is 2.30. The van der Waals surface area contributed by atoms with Gasteiger partial charge < -0.3 is 29.4 Å². The van der Waals surface area contributed by atoms with Crippen LogP contribution in [0, 0.1) is 58.2 Å². The molecule has 2 aromatic carbocycles. The zero-order valence-corrected chi connectivity index (χ0v) is 13.5. The molecule has 0 aliphatic rings. The van der Waals surface area contributed by atoms with Crippen LogP contribution in [0.5, 0.6) is 11.5 Å². The van der Waals surface area contributed by atoms with E-state index in [0.717, 1.165) is 0 Å². The van der Waals surface area contributed by atoms with Gasteiger partial charge in [-0.3, -0.25) is 0 Å². The van der Waals surface area contributed by atoms with Gasteiger partial charge in [0.1, 0.15) is 0 Å². The minimum absolute atomic E-state index is 1.75. The lowest BCUT2D eigenvalue weighted by atomic mass is 10.2. The van der Waals surface area contributed by atoms with Crippen molar-refractivity contribution in [2.75, 3.05) is 0 Å². The third-order valence-corrected chi connectivity index (χ3v) is 2.79. The van der Waals surface area contributed by atoms with Crippen LogP contribution in [0.1, 0.15) is 0 Å². The van der Waals surface area contributed by atoms with Crippen LogP contribution in [0.2, 0.25) is 0 Å². The molecular formula is C12H4B2F10O6. The third-order valence-electron chi connectivity index (χ3n) is 2.79. The highest BCUT2D eigenvalue weighted by Crippen LogP contribution is 2.30. The maximum atomic E-state index is 12.7. The van der Waals surface area contributed by atoms with Crippen LogP contribution in [-0.4, -0.2) is 34.7 Å². The van der Waals surface area contributed by atoms with E-state index in [4.69, 9.17) is 20.1 Å². The Morgan fingerprint density at radius 1 is 0.367 bits per heavy atom. The van der Waals surface area contributed by atoms with E-state index in [1.54, 1.807) is 0 Å². The van der Waals surface area contributed by atoms with Crippen LogP contribution >= 0.6 is 0 Å². The van der Waals surface area contributed by atoms with Crippen molar-refractivity contribution in [1.82, 2.24) is 0 Å². The molecule has 0 aromatic heterocycles. The van der Waals surface area contributed by atoms with E-state index in [1.807, 2.05) is 0 Å².